The fourth-order valence-corrected chi connectivity index (χ4v) is 3.11. The van der Waals surface area contributed by atoms with Crippen LogP contribution in [-0.4, -0.2) is 44.0 Å². The molecule has 1 saturated carbocycles. The molecule has 98 valence electrons. The Kier molecular flexibility index (Phi) is 4.99. The number of rotatable bonds is 4. The van der Waals surface area contributed by atoms with Crippen LogP contribution < -0.4 is 0 Å². The Morgan fingerprint density at radius 2 is 2.00 bits per heavy atom. The quantitative estimate of drug-likeness (QED) is 0.752. The van der Waals surface area contributed by atoms with E-state index in [2.05, 4.69) is 11.9 Å². The van der Waals surface area contributed by atoms with Gasteiger partial charge in [0.15, 0.2) is 0 Å². The van der Waals surface area contributed by atoms with Gasteiger partial charge in [0.05, 0.1) is 19.1 Å². The predicted molar refractivity (Wildman–Crippen MR) is 68.0 cm³/mol. The molecule has 2 rings (SSSR count). The highest BCUT2D eigenvalue weighted by molar-refractivity contribution is 5.82. The minimum Gasteiger partial charge on any atom is -0.380 e. The zero-order valence-electron chi connectivity index (χ0n) is 11.0. The third-order valence-corrected chi connectivity index (χ3v) is 4.09. The van der Waals surface area contributed by atoms with E-state index < -0.39 is 0 Å². The van der Waals surface area contributed by atoms with Crippen molar-refractivity contribution < 1.29 is 9.53 Å². The Morgan fingerprint density at radius 1 is 1.24 bits per heavy atom. The van der Waals surface area contributed by atoms with Gasteiger partial charge in [0.1, 0.15) is 5.78 Å². The van der Waals surface area contributed by atoms with Gasteiger partial charge in [0.25, 0.3) is 0 Å². The fraction of sp³-hybridized carbons (Fsp3) is 0.929. The highest BCUT2D eigenvalue weighted by Gasteiger charge is 2.25. The lowest BCUT2D eigenvalue weighted by molar-refractivity contribution is -0.131. The van der Waals surface area contributed by atoms with Crippen LogP contribution >= 0.6 is 0 Å². The van der Waals surface area contributed by atoms with Gasteiger partial charge in [-0.25, -0.2) is 0 Å². The first-order valence-electron chi connectivity index (χ1n) is 7.04. The standard InChI is InChI=1S/C14H25NO2/c1-15(9-12-5-3-2-4-6-12)10-13-11-17-8-7-14(13)16/h12-13H,2-11H2,1H3. The Balaban J connectivity index is 1.71. The zero-order chi connectivity index (χ0) is 12.1. The molecule has 0 bridgehead atoms. The number of nitrogens with zero attached hydrogens (tertiary/aromatic N) is 1. The van der Waals surface area contributed by atoms with E-state index in [0.717, 1.165) is 19.0 Å². The normalized spacial score (nSPS) is 27.6. The van der Waals surface area contributed by atoms with Crippen LogP contribution in [0, 0.1) is 11.8 Å². The van der Waals surface area contributed by atoms with Gasteiger partial charge in [-0.15, -0.1) is 0 Å². The number of carbonyl (C=O) groups excluding carboxylic acids is 1. The summed E-state index contributed by atoms with van der Waals surface area (Å²) in [5, 5.41) is 0. The van der Waals surface area contributed by atoms with Crippen LogP contribution in [-0.2, 0) is 9.53 Å². The van der Waals surface area contributed by atoms with E-state index in [1.165, 1.54) is 32.1 Å². The van der Waals surface area contributed by atoms with Gasteiger partial charge in [-0.2, -0.15) is 0 Å². The smallest absolute Gasteiger partial charge is 0.141 e. The average molecular weight is 239 g/mol. The molecule has 1 aliphatic heterocycles. The lowest BCUT2D eigenvalue weighted by Crippen LogP contribution is -2.38. The maximum Gasteiger partial charge on any atom is 0.141 e. The molecule has 0 aromatic heterocycles. The molecule has 0 N–H and O–H groups in total. The molecule has 0 amide bonds. The van der Waals surface area contributed by atoms with E-state index in [1.54, 1.807) is 0 Å². The van der Waals surface area contributed by atoms with E-state index >= 15 is 0 Å². The van der Waals surface area contributed by atoms with Crippen molar-refractivity contribution in [2.24, 2.45) is 11.8 Å². The third kappa shape index (κ3) is 4.07. The van der Waals surface area contributed by atoms with Crippen molar-refractivity contribution in [1.29, 1.82) is 0 Å². The van der Waals surface area contributed by atoms with Crippen molar-refractivity contribution in [1.82, 2.24) is 4.90 Å². The molecule has 0 spiro atoms. The van der Waals surface area contributed by atoms with E-state index in [1.807, 2.05) is 0 Å². The van der Waals surface area contributed by atoms with E-state index in [4.69, 9.17) is 4.74 Å². The summed E-state index contributed by atoms with van der Waals surface area (Å²) < 4.78 is 5.40. The highest BCUT2D eigenvalue weighted by atomic mass is 16.5. The Hall–Kier alpha value is -0.410. The summed E-state index contributed by atoms with van der Waals surface area (Å²) in [5.41, 5.74) is 0. The van der Waals surface area contributed by atoms with Crippen molar-refractivity contribution in [3.63, 3.8) is 0 Å². The van der Waals surface area contributed by atoms with Gasteiger partial charge in [-0.3, -0.25) is 4.79 Å². The summed E-state index contributed by atoms with van der Waals surface area (Å²) in [7, 11) is 2.15. The number of ketones is 1. The molecule has 0 aromatic rings. The average Bonchev–Trinajstić information content (AvgIpc) is 2.33. The van der Waals surface area contributed by atoms with Gasteiger partial charge in [-0.05, 0) is 25.8 Å². The second-order valence-corrected chi connectivity index (χ2v) is 5.71. The van der Waals surface area contributed by atoms with E-state index in [9.17, 15) is 4.79 Å². The molecule has 1 aliphatic carbocycles. The Labute approximate surface area is 105 Å². The summed E-state index contributed by atoms with van der Waals surface area (Å²) in [6.45, 7) is 3.30. The first-order valence-corrected chi connectivity index (χ1v) is 7.04. The van der Waals surface area contributed by atoms with Crippen molar-refractivity contribution in [3.8, 4) is 0 Å². The second-order valence-electron chi connectivity index (χ2n) is 5.71. The number of ether oxygens (including phenoxy) is 1. The van der Waals surface area contributed by atoms with Gasteiger partial charge >= 0.3 is 0 Å². The number of carbonyl (C=O) groups is 1. The Morgan fingerprint density at radius 3 is 2.71 bits per heavy atom. The molecule has 1 atom stereocenters. The van der Waals surface area contributed by atoms with Crippen LogP contribution in [0.15, 0.2) is 0 Å². The summed E-state index contributed by atoms with van der Waals surface area (Å²) in [6, 6.07) is 0. The second kappa shape index (κ2) is 6.50. The van der Waals surface area contributed by atoms with Crippen LogP contribution in [0.4, 0.5) is 0 Å². The molecule has 1 heterocycles. The van der Waals surface area contributed by atoms with Gasteiger partial charge in [-0.1, -0.05) is 19.3 Å². The van der Waals surface area contributed by atoms with Gasteiger partial charge in [0.2, 0.25) is 0 Å². The molecule has 0 radical (unpaired) electrons. The van der Waals surface area contributed by atoms with Crippen LogP contribution in [0.5, 0.6) is 0 Å². The van der Waals surface area contributed by atoms with Crippen LogP contribution in [0.25, 0.3) is 0 Å². The Bertz CT molecular complexity index is 249. The predicted octanol–water partition coefficient (Wildman–Crippen LogP) is 2.10. The van der Waals surface area contributed by atoms with Crippen molar-refractivity contribution >= 4 is 5.78 Å². The topological polar surface area (TPSA) is 29.5 Å². The summed E-state index contributed by atoms with van der Waals surface area (Å²) in [6.07, 6.45) is 7.56. The van der Waals surface area contributed by atoms with E-state index in [-0.39, 0.29) is 5.92 Å². The van der Waals surface area contributed by atoms with Crippen molar-refractivity contribution in [2.45, 2.75) is 38.5 Å². The van der Waals surface area contributed by atoms with E-state index in [0.29, 0.717) is 25.4 Å². The maximum absolute atomic E-state index is 11.7. The molecule has 1 saturated heterocycles. The number of hydrogen-bond donors (Lipinski definition) is 0. The minimum atomic E-state index is 0.123. The number of Topliss-reactive ketones (excluding diaryl/α,β-unsaturated/α-hetero) is 1. The van der Waals surface area contributed by atoms with Crippen LogP contribution in [0.3, 0.4) is 0 Å². The van der Waals surface area contributed by atoms with Crippen LogP contribution in [0.1, 0.15) is 38.5 Å². The summed E-state index contributed by atoms with van der Waals surface area (Å²) in [5.74, 6) is 1.37. The van der Waals surface area contributed by atoms with Crippen LogP contribution in [0.2, 0.25) is 0 Å². The molecule has 1 unspecified atom stereocenters. The molecular formula is C14H25NO2. The molecule has 3 nitrogen and oxygen atoms in total. The molecule has 3 heteroatoms. The maximum atomic E-state index is 11.7. The molecule has 0 aromatic carbocycles. The minimum absolute atomic E-state index is 0.123. The SMILES string of the molecule is CN(CC1CCCCC1)CC1COCCC1=O. The zero-order valence-corrected chi connectivity index (χ0v) is 11.0. The summed E-state index contributed by atoms with van der Waals surface area (Å²) in [4.78, 5) is 14.1. The first-order chi connectivity index (χ1) is 8.25. The largest absolute Gasteiger partial charge is 0.380 e. The van der Waals surface area contributed by atoms with Crippen molar-refractivity contribution in [2.75, 3.05) is 33.4 Å². The number of hydrogen-bond acceptors (Lipinski definition) is 3. The van der Waals surface area contributed by atoms with Gasteiger partial charge < -0.3 is 9.64 Å². The molecular weight excluding hydrogens is 214 g/mol. The lowest BCUT2D eigenvalue weighted by atomic mass is 9.88. The molecule has 2 aliphatic rings. The molecule has 2 fully saturated rings. The fourth-order valence-electron chi connectivity index (χ4n) is 3.11. The monoisotopic (exact) mass is 239 g/mol. The van der Waals surface area contributed by atoms with Crippen molar-refractivity contribution in [3.05, 3.63) is 0 Å². The van der Waals surface area contributed by atoms with Gasteiger partial charge in [0, 0.05) is 19.5 Å². The molecule has 17 heavy (non-hydrogen) atoms. The first kappa shape index (κ1) is 13.0. The summed E-state index contributed by atoms with van der Waals surface area (Å²) >= 11 is 0. The highest BCUT2D eigenvalue weighted by Crippen LogP contribution is 2.24. The lowest BCUT2D eigenvalue weighted by Gasteiger charge is -2.30. The third-order valence-electron chi connectivity index (χ3n) is 4.09.